The first-order valence-corrected chi connectivity index (χ1v) is 5.28. The lowest BCUT2D eigenvalue weighted by molar-refractivity contribution is -0.00753. The van der Waals surface area contributed by atoms with Crippen LogP contribution in [0.3, 0.4) is 0 Å². The average Bonchev–Trinajstić information content (AvgIpc) is 1.85. The van der Waals surface area contributed by atoms with Crippen LogP contribution in [-0.4, -0.2) is 17.5 Å². The van der Waals surface area contributed by atoms with Gasteiger partial charge in [-0.05, 0) is 33.1 Å². The minimum absolute atomic E-state index is 0.0199. The minimum Gasteiger partial charge on any atom is -0.376 e. The highest BCUT2D eigenvalue weighted by Gasteiger charge is 2.10. The molecule has 1 nitrogen and oxygen atoms in total. The molecule has 0 spiro atoms. The molecule has 0 aliphatic carbocycles. The molecule has 0 rings (SSSR count). The van der Waals surface area contributed by atoms with Crippen LogP contribution in [0.1, 0.15) is 34.1 Å². The molecule has 0 fully saturated rings. The van der Waals surface area contributed by atoms with Gasteiger partial charge in [-0.2, -0.15) is 0 Å². The summed E-state index contributed by atoms with van der Waals surface area (Å²) in [6.07, 6.45) is 1.14. The fraction of sp³-hybridized carbons (Fsp3) is 1.00. The minimum atomic E-state index is 0.0199. The number of alkyl halides is 1. The van der Waals surface area contributed by atoms with E-state index >= 15 is 0 Å². The van der Waals surface area contributed by atoms with Crippen LogP contribution < -0.4 is 0 Å². The van der Waals surface area contributed by atoms with E-state index < -0.39 is 0 Å². The topological polar surface area (TPSA) is 9.23 Å². The maximum atomic E-state index is 5.58. The number of halogens is 1. The largest absolute Gasteiger partial charge is 0.376 e. The van der Waals surface area contributed by atoms with Crippen molar-refractivity contribution in [3.63, 3.8) is 0 Å². The van der Waals surface area contributed by atoms with Crippen molar-refractivity contribution < 1.29 is 4.74 Å². The molecule has 68 valence electrons. The number of ether oxygens (including phenoxy) is 1. The molecular weight excluding hydrogens is 204 g/mol. The maximum Gasteiger partial charge on any atom is 0.0598 e. The van der Waals surface area contributed by atoms with E-state index in [0.29, 0.717) is 0 Å². The van der Waals surface area contributed by atoms with Crippen LogP contribution in [0.4, 0.5) is 0 Å². The second-order valence-corrected chi connectivity index (χ2v) is 4.66. The normalized spacial score (nSPS) is 15.0. The zero-order valence-electron chi connectivity index (χ0n) is 7.98. The summed E-state index contributed by atoms with van der Waals surface area (Å²) in [6.45, 7) is 9.36. The lowest BCUT2D eigenvalue weighted by Crippen LogP contribution is -2.20. The summed E-state index contributed by atoms with van der Waals surface area (Å²) in [7, 11) is 0. The van der Waals surface area contributed by atoms with E-state index in [9.17, 15) is 0 Å². The van der Waals surface area contributed by atoms with Crippen molar-refractivity contribution in [2.24, 2.45) is 5.92 Å². The van der Waals surface area contributed by atoms with Crippen molar-refractivity contribution in [1.82, 2.24) is 0 Å². The fourth-order valence-electron chi connectivity index (χ4n) is 0.643. The van der Waals surface area contributed by atoms with Gasteiger partial charge in [0.1, 0.15) is 0 Å². The Balaban J connectivity index is 3.28. The van der Waals surface area contributed by atoms with Gasteiger partial charge in [-0.15, -0.1) is 0 Å². The fourth-order valence-corrected chi connectivity index (χ4v) is 0.967. The SMILES string of the molecule is CC(CBr)CCOC(C)(C)C. The smallest absolute Gasteiger partial charge is 0.0598 e. The molecule has 0 aliphatic heterocycles. The number of hydrogen-bond donors (Lipinski definition) is 0. The number of rotatable bonds is 4. The molecule has 1 unspecified atom stereocenters. The molecule has 0 N–H and O–H groups in total. The van der Waals surface area contributed by atoms with E-state index in [0.717, 1.165) is 24.3 Å². The Labute approximate surface area is 78.6 Å². The molecule has 0 amide bonds. The van der Waals surface area contributed by atoms with Gasteiger partial charge in [-0.3, -0.25) is 0 Å². The first-order chi connectivity index (χ1) is 4.95. The van der Waals surface area contributed by atoms with Gasteiger partial charge in [0.05, 0.1) is 5.60 Å². The Hall–Kier alpha value is 0.440. The van der Waals surface area contributed by atoms with Crippen LogP contribution >= 0.6 is 15.9 Å². The Morgan fingerprint density at radius 2 is 1.91 bits per heavy atom. The highest BCUT2D eigenvalue weighted by Crippen LogP contribution is 2.11. The third kappa shape index (κ3) is 8.35. The van der Waals surface area contributed by atoms with E-state index in [2.05, 4.69) is 43.6 Å². The monoisotopic (exact) mass is 222 g/mol. The summed E-state index contributed by atoms with van der Waals surface area (Å²) in [4.78, 5) is 0. The Morgan fingerprint density at radius 1 is 1.36 bits per heavy atom. The van der Waals surface area contributed by atoms with Crippen LogP contribution in [0.5, 0.6) is 0 Å². The molecular formula is C9H19BrO. The highest BCUT2D eigenvalue weighted by molar-refractivity contribution is 9.09. The van der Waals surface area contributed by atoms with Crippen molar-refractivity contribution in [2.45, 2.75) is 39.7 Å². The van der Waals surface area contributed by atoms with Crippen molar-refractivity contribution >= 4 is 15.9 Å². The molecule has 11 heavy (non-hydrogen) atoms. The summed E-state index contributed by atoms with van der Waals surface area (Å²) in [5.41, 5.74) is 0.0199. The van der Waals surface area contributed by atoms with Crippen molar-refractivity contribution in [1.29, 1.82) is 0 Å². The first kappa shape index (κ1) is 11.4. The van der Waals surface area contributed by atoms with Gasteiger partial charge >= 0.3 is 0 Å². The standard InChI is InChI=1S/C9H19BrO/c1-8(7-10)5-6-11-9(2,3)4/h8H,5-7H2,1-4H3. The molecule has 0 aromatic rings. The third-order valence-corrected chi connectivity index (χ3v) is 2.51. The van der Waals surface area contributed by atoms with Crippen molar-refractivity contribution in [3.8, 4) is 0 Å². The lowest BCUT2D eigenvalue weighted by atomic mass is 10.1. The first-order valence-electron chi connectivity index (χ1n) is 4.15. The quantitative estimate of drug-likeness (QED) is 0.665. The van der Waals surface area contributed by atoms with Gasteiger partial charge < -0.3 is 4.74 Å². The second-order valence-electron chi connectivity index (χ2n) is 4.01. The third-order valence-electron chi connectivity index (χ3n) is 1.41. The molecule has 0 bridgehead atoms. The number of hydrogen-bond acceptors (Lipinski definition) is 1. The molecule has 0 saturated carbocycles. The van der Waals surface area contributed by atoms with E-state index in [4.69, 9.17) is 4.74 Å². The van der Waals surface area contributed by atoms with E-state index in [-0.39, 0.29) is 5.60 Å². The van der Waals surface area contributed by atoms with Crippen LogP contribution in [-0.2, 0) is 4.74 Å². The summed E-state index contributed by atoms with van der Waals surface area (Å²) in [6, 6.07) is 0. The van der Waals surface area contributed by atoms with Gasteiger partial charge in [-0.25, -0.2) is 0 Å². The van der Waals surface area contributed by atoms with E-state index in [1.54, 1.807) is 0 Å². The van der Waals surface area contributed by atoms with Gasteiger partial charge in [0, 0.05) is 11.9 Å². The summed E-state index contributed by atoms with van der Waals surface area (Å²) in [5.74, 6) is 0.720. The van der Waals surface area contributed by atoms with E-state index in [1.165, 1.54) is 0 Å². The maximum absolute atomic E-state index is 5.58. The highest BCUT2D eigenvalue weighted by atomic mass is 79.9. The molecule has 0 radical (unpaired) electrons. The van der Waals surface area contributed by atoms with Crippen molar-refractivity contribution in [2.75, 3.05) is 11.9 Å². The second kappa shape index (κ2) is 5.15. The van der Waals surface area contributed by atoms with Crippen LogP contribution in [0.25, 0.3) is 0 Å². The Kier molecular flexibility index (Phi) is 5.36. The van der Waals surface area contributed by atoms with Gasteiger partial charge in [0.15, 0.2) is 0 Å². The summed E-state index contributed by atoms with van der Waals surface area (Å²) < 4.78 is 5.58. The molecule has 0 aromatic carbocycles. The van der Waals surface area contributed by atoms with E-state index in [1.807, 2.05) is 0 Å². The zero-order valence-corrected chi connectivity index (χ0v) is 9.57. The zero-order chi connectivity index (χ0) is 8.91. The molecule has 0 heterocycles. The summed E-state index contributed by atoms with van der Waals surface area (Å²) >= 11 is 3.44. The summed E-state index contributed by atoms with van der Waals surface area (Å²) in [5, 5.41) is 1.07. The predicted molar refractivity (Wildman–Crippen MR) is 53.3 cm³/mol. The molecule has 1 atom stereocenters. The Morgan fingerprint density at radius 3 is 2.27 bits per heavy atom. The molecule has 2 heteroatoms. The lowest BCUT2D eigenvalue weighted by Gasteiger charge is -2.20. The Bertz CT molecular complexity index is 96.2. The van der Waals surface area contributed by atoms with Crippen LogP contribution in [0, 0.1) is 5.92 Å². The van der Waals surface area contributed by atoms with Crippen LogP contribution in [0.2, 0.25) is 0 Å². The van der Waals surface area contributed by atoms with Gasteiger partial charge in [0.2, 0.25) is 0 Å². The van der Waals surface area contributed by atoms with Crippen LogP contribution in [0.15, 0.2) is 0 Å². The molecule has 0 aliphatic rings. The average molecular weight is 223 g/mol. The predicted octanol–water partition coefficient (Wildman–Crippen LogP) is 3.22. The van der Waals surface area contributed by atoms with Gasteiger partial charge in [0.25, 0.3) is 0 Å². The van der Waals surface area contributed by atoms with Gasteiger partial charge in [-0.1, -0.05) is 22.9 Å². The van der Waals surface area contributed by atoms with Crippen molar-refractivity contribution in [3.05, 3.63) is 0 Å². The molecule has 0 aromatic heterocycles. The molecule has 0 saturated heterocycles.